The summed E-state index contributed by atoms with van der Waals surface area (Å²) in [5, 5.41) is 3.40. The standard InChI is InChI=1S/C18H21BrFN/c1-3-16(13-7-5-4-6-8-13)18(21-2)12-14-11-15(20)9-10-17(14)19/h4-11,16,18,21H,3,12H2,1-2H3. The zero-order valence-electron chi connectivity index (χ0n) is 12.4. The lowest BCUT2D eigenvalue weighted by molar-refractivity contribution is 0.447. The highest BCUT2D eigenvalue weighted by atomic mass is 79.9. The Balaban J connectivity index is 2.24. The second-order valence-electron chi connectivity index (χ2n) is 5.26. The van der Waals surface area contributed by atoms with Gasteiger partial charge in [0.05, 0.1) is 0 Å². The Kier molecular flexibility index (Phi) is 5.95. The Morgan fingerprint density at radius 1 is 1.14 bits per heavy atom. The largest absolute Gasteiger partial charge is 0.316 e. The summed E-state index contributed by atoms with van der Waals surface area (Å²) < 4.78 is 14.4. The number of halogens is 2. The molecule has 112 valence electrons. The van der Waals surface area contributed by atoms with Gasteiger partial charge in [-0.3, -0.25) is 0 Å². The molecule has 0 amide bonds. The first-order valence-electron chi connectivity index (χ1n) is 7.31. The maximum absolute atomic E-state index is 13.5. The van der Waals surface area contributed by atoms with Crippen LogP contribution in [0, 0.1) is 5.82 Å². The van der Waals surface area contributed by atoms with E-state index in [4.69, 9.17) is 0 Å². The van der Waals surface area contributed by atoms with Gasteiger partial charge in [0, 0.05) is 10.5 Å². The molecular formula is C18H21BrFN. The van der Waals surface area contributed by atoms with Crippen molar-refractivity contribution in [3.63, 3.8) is 0 Å². The van der Waals surface area contributed by atoms with Crippen molar-refractivity contribution in [2.24, 2.45) is 0 Å². The van der Waals surface area contributed by atoms with E-state index in [0.29, 0.717) is 5.92 Å². The molecule has 0 heterocycles. The van der Waals surface area contributed by atoms with Gasteiger partial charge in [-0.25, -0.2) is 4.39 Å². The maximum Gasteiger partial charge on any atom is 0.123 e. The molecule has 0 aliphatic carbocycles. The highest BCUT2D eigenvalue weighted by Crippen LogP contribution is 2.28. The fourth-order valence-electron chi connectivity index (χ4n) is 2.83. The Hall–Kier alpha value is -1.19. The quantitative estimate of drug-likeness (QED) is 0.780. The van der Waals surface area contributed by atoms with E-state index in [9.17, 15) is 4.39 Å². The monoisotopic (exact) mass is 349 g/mol. The molecule has 1 N–H and O–H groups in total. The van der Waals surface area contributed by atoms with E-state index in [1.807, 2.05) is 13.1 Å². The number of benzene rings is 2. The zero-order valence-corrected chi connectivity index (χ0v) is 14.0. The number of hydrogen-bond donors (Lipinski definition) is 1. The summed E-state index contributed by atoms with van der Waals surface area (Å²) in [6, 6.07) is 15.7. The molecule has 2 aromatic carbocycles. The third kappa shape index (κ3) is 4.14. The predicted octanol–water partition coefficient (Wildman–Crippen LogP) is 4.91. The van der Waals surface area contributed by atoms with Crippen LogP contribution in [0.3, 0.4) is 0 Å². The van der Waals surface area contributed by atoms with Crippen LogP contribution in [0.5, 0.6) is 0 Å². The third-order valence-corrected chi connectivity index (χ3v) is 4.75. The fraction of sp³-hybridized carbons (Fsp3) is 0.333. The molecule has 0 aromatic heterocycles. The lowest BCUT2D eigenvalue weighted by Gasteiger charge is -2.27. The minimum absolute atomic E-state index is 0.184. The average molecular weight is 350 g/mol. The summed E-state index contributed by atoms with van der Waals surface area (Å²) in [4.78, 5) is 0. The van der Waals surface area contributed by atoms with Crippen LogP contribution in [-0.4, -0.2) is 13.1 Å². The third-order valence-electron chi connectivity index (χ3n) is 3.97. The molecule has 0 saturated carbocycles. The predicted molar refractivity (Wildman–Crippen MR) is 90.1 cm³/mol. The molecule has 2 aromatic rings. The van der Waals surface area contributed by atoms with E-state index < -0.39 is 0 Å². The molecule has 3 heteroatoms. The minimum Gasteiger partial charge on any atom is -0.316 e. The zero-order chi connectivity index (χ0) is 15.2. The summed E-state index contributed by atoms with van der Waals surface area (Å²) >= 11 is 3.52. The van der Waals surface area contributed by atoms with Crippen molar-refractivity contribution in [3.8, 4) is 0 Å². The number of nitrogens with one attached hydrogen (secondary N) is 1. The summed E-state index contributed by atoms with van der Waals surface area (Å²) in [6.07, 6.45) is 1.84. The van der Waals surface area contributed by atoms with E-state index in [-0.39, 0.29) is 11.9 Å². The van der Waals surface area contributed by atoms with Crippen LogP contribution in [-0.2, 0) is 6.42 Å². The molecule has 2 atom stereocenters. The van der Waals surface area contributed by atoms with Crippen molar-refractivity contribution in [1.29, 1.82) is 0 Å². The Labute approximate surface area is 134 Å². The first-order chi connectivity index (χ1) is 10.2. The van der Waals surface area contributed by atoms with Crippen molar-refractivity contribution in [2.45, 2.75) is 31.7 Å². The van der Waals surface area contributed by atoms with Crippen molar-refractivity contribution in [1.82, 2.24) is 5.32 Å². The van der Waals surface area contributed by atoms with E-state index in [0.717, 1.165) is 22.9 Å². The van der Waals surface area contributed by atoms with Crippen LogP contribution in [0.15, 0.2) is 53.0 Å². The van der Waals surface area contributed by atoms with Gasteiger partial charge in [-0.2, -0.15) is 0 Å². The summed E-state index contributed by atoms with van der Waals surface area (Å²) in [5.41, 5.74) is 2.33. The SMILES string of the molecule is CCC(c1ccccc1)C(Cc1cc(F)ccc1Br)NC. The van der Waals surface area contributed by atoms with Crippen LogP contribution in [0.2, 0.25) is 0 Å². The van der Waals surface area contributed by atoms with Gasteiger partial charge in [-0.1, -0.05) is 53.2 Å². The van der Waals surface area contributed by atoms with Gasteiger partial charge in [-0.05, 0) is 55.1 Å². The smallest absolute Gasteiger partial charge is 0.123 e. The van der Waals surface area contributed by atoms with Gasteiger partial charge >= 0.3 is 0 Å². The van der Waals surface area contributed by atoms with Crippen LogP contribution in [0.25, 0.3) is 0 Å². The summed E-state index contributed by atoms with van der Waals surface area (Å²) in [6.45, 7) is 2.20. The van der Waals surface area contributed by atoms with E-state index in [1.165, 1.54) is 11.6 Å². The lowest BCUT2D eigenvalue weighted by atomic mass is 9.86. The van der Waals surface area contributed by atoms with Crippen molar-refractivity contribution in [3.05, 3.63) is 69.9 Å². The molecule has 0 bridgehead atoms. The molecule has 0 spiro atoms. The van der Waals surface area contributed by atoms with Crippen LogP contribution < -0.4 is 5.32 Å². The molecule has 2 rings (SSSR count). The number of likely N-dealkylation sites (N-methyl/N-ethyl adjacent to an activating group) is 1. The second kappa shape index (κ2) is 7.71. The fourth-order valence-corrected chi connectivity index (χ4v) is 3.24. The normalized spacial score (nSPS) is 13.9. The van der Waals surface area contributed by atoms with Crippen molar-refractivity contribution < 1.29 is 4.39 Å². The molecule has 1 nitrogen and oxygen atoms in total. The molecule has 0 radical (unpaired) electrons. The lowest BCUT2D eigenvalue weighted by Crippen LogP contribution is -2.34. The van der Waals surface area contributed by atoms with Gasteiger partial charge in [0.25, 0.3) is 0 Å². The van der Waals surface area contributed by atoms with E-state index in [2.05, 4.69) is 52.4 Å². The van der Waals surface area contributed by atoms with Crippen molar-refractivity contribution in [2.75, 3.05) is 7.05 Å². The molecule has 0 fully saturated rings. The topological polar surface area (TPSA) is 12.0 Å². The van der Waals surface area contributed by atoms with Gasteiger partial charge in [0.15, 0.2) is 0 Å². The molecule has 2 unspecified atom stereocenters. The van der Waals surface area contributed by atoms with Gasteiger partial charge in [-0.15, -0.1) is 0 Å². The molecule has 0 aliphatic heterocycles. The van der Waals surface area contributed by atoms with Crippen molar-refractivity contribution >= 4 is 15.9 Å². The number of hydrogen-bond acceptors (Lipinski definition) is 1. The first kappa shape index (κ1) is 16.2. The van der Waals surface area contributed by atoms with Crippen LogP contribution >= 0.6 is 15.9 Å². The summed E-state index contributed by atoms with van der Waals surface area (Å²) in [7, 11) is 1.98. The number of rotatable bonds is 6. The second-order valence-corrected chi connectivity index (χ2v) is 6.11. The highest BCUT2D eigenvalue weighted by molar-refractivity contribution is 9.10. The first-order valence-corrected chi connectivity index (χ1v) is 8.11. The molecule has 0 saturated heterocycles. The maximum atomic E-state index is 13.5. The minimum atomic E-state index is -0.184. The van der Waals surface area contributed by atoms with Crippen LogP contribution in [0.4, 0.5) is 4.39 Å². The summed E-state index contributed by atoms with van der Waals surface area (Å²) in [5.74, 6) is 0.224. The average Bonchev–Trinajstić information content (AvgIpc) is 2.51. The Morgan fingerprint density at radius 2 is 1.86 bits per heavy atom. The van der Waals surface area contributed by atoms with Crippen LogP contribution in [0.1, 0.15) is 30.4 Å². The Morgan fingerprint density at radius 3 is 2.48 bits per heavy atom. The molecule has 21 heavy (non-hydrogen) atoms. The highest BCUT2D eigenvalue weighted by Gasteiger charge is 2.21. The van der Waals surface area contributed by atoms with Gasteiger partial charge in [0.2, 0.25) is 0 Å². The van der Waals surface area contributed by atoms with E-state index >= 15 is 0 Å². The Bertz CT molecular complexity index is 571. The molecule has 0 aliphatic rings. The molecular weight excluding hydrogens is 329 g/mol. The van der Waals surface area contributed by atoms with Gasteiger partial charge < -0.3 is 5.32 Å². The van der Waals surface area contributed by atoms with E-state index in [1.54, 1.807) is 12.1 Å². The van der Waals surface area contributed by atoms with Gasteiger partial charge in [0.1, 0.15) is 5.82 Å².